The van der Waals surface area contributed by atoms with Gasteiger partial charge in [0.25, 0.3) is 0 Å². The van der Waals surface area contributed by atoms with Crippen molar-refractivity contribution in [2.75, 3.05) is 39.6 Å². The predicted molar refractivity (Wildman–Crippen MR) is 344 cm³/mol. The third-order valence-electron chi connectivity index (χ3n) is 15.4. The first-order valence-corrected chi connectivity index (χ1v) is 37.8. The van der Waals surface area contributed by atoms with Crippen molar-refractivity contribution in [1.29, 1.82) is 0 Å². The molecule has 0 aromatic rings. The van der Waals surface area contributed by atoms with Crippen LogP contribution >= 0.6 is 15.6 Å². The zero-order chi connectivity index (χ0) is 63.8. The SMILES string of the molecule is CCCCCCCCCCC(=O)OC[C@H](COP(=O)(O)OC[C@H](O)COP(=O)(O)OC[C@@H](COC(=O)CCCCCCCCCCCCCC(C)C)OC(=O)CCCCCCCCCCCCCC(C)C)OC(=O)CCCCCCCCCC(C)C. The molecule has 86 heavy (non-hydrogen) atoms. The quantitative estimate of drug-likeness (QED) is 0.0222. The van der Waals surface area contributed by atoms with Crippen molar-refractivity contribution < 1.29 is 80.2 Å². The van der Waals surface area contributed by atoms with E-state index in [1.54, 1.807) is 0 Å². The van der Waals surface area contributed by atoms with Crippen LogP contribution in [0.15, 0.2) is 0 Å². The number of carbonyl (C=O) groups is 4. The van der Waals surface area contributed by atoms with Crippen molar-refractivity contribution in [3.63, 3.8) is 0 Å². The highest BCUT2D eigenvalue weighted by molar-refractivity contribution is 7.47. The van der Waals surface area contributed by atoms with Crippen molar-refractivity contribution in [2.24, 2.45) is 17.8 Å². The van der Waals surface area contributed by atoms with Crippen LogP contribution in [0.25, 0.3) is 0 Å². The molecular weight excluding hydrogens is 1140 g/mol. The van der Waals surface area contributed by atoms with Crippen molar-refractivity contribution in [2.45, 2.75) is 349 Å². The van der Waals surface area contributed by atoms with Gasteiger partial charge in [-0.15, -0.1) is 0 Å². The molecule has 0 aliphatic heterocycles. The van der Waals surface area contributed by atoms with Gasteiger partial charge in [0.2, 0.25) is 0 Å². The Labute approximate surface area is 524 Å². The molecule has 0 rings (SSSR count). The summed E-state index contributed by atoms with van der Waals surface area (Å²) in [5.74, 6) is 0.0977. The smallest absolute Gasteiger partial charge is 0.462 e. The van der Waals surface area contributed by atoms with Crippen molar-refractivity contribution >= 4 is 39.5 Å². The van der Waals surface area contributed by atoms with E-state index < -0.39 is 97.5 Å². The number of hydrogen-bond donors (Lipinski definition) is 3. The van der Waals surface area contributed by atoms with Gasteiger partial charge in [0.05, 0.1) is 26.4 Å². The minimum absolute atomic E-state index is 0.103. The maximum absolute atomic E-state index is 13.0. The summed E-state index contributed by atoms with van der Waals surface area (Å²) in [6.45, 7) is 11.7. The summed E-state index contributed by atoms with van der Waals surface area (Å²) in [5.41, 5.74) is 0. The van der Waals surface area contributed by atoms with E-state index in [9.17, 15) is 43.2 Å². The number of unbranched alkanes of at least 4 members (excludes halogenated alkanes) is 33. The van der Waals surface area contributed by atoms with Crippen LogP contribution in [0.5, 0.6) is 0 Å². The molecule has 0 bridgehead atoms. The minimum Gasteiger partial charge on any atom is -0.462 e. The monoisotopic (exact) mass is 1270 g/mol. The summed E-state index contributed by atoms with van der Waals surface area (Å²) in [6, 6.07) is 0. The summed E-state index contributed by atoms with van der Waals surface area (Å²) >= 11 is 0. The third kappa shape index (κ3) is 60.9. The number of ether oxygens (including phenoxy) is 4. The number of phosphoric ester groups is 2. The van der Waals surface area contributed by atoms with Crippen LogP contribution in [-0.2, 0) is 65.4 Å². The lowest BCUT2D eigenvalue weighted by molar-refractivity contribution is -0.161. The molecule has 5 atom stereocenters. The second-order valence-electron chi connectivity index (χ2n) is 25.6. The Bertz CT molecular complexity index is 1700. The van der Waals surface area contributed by atoms with E-state index in [4.69, 9.17) is 37.0 Å². The number of carbonyl (C=O) groups excluding carboxylic acids is 4. The van der Waals surface area contributed by atoms with Crippen molar-refractivity contribution in [3.8, 4) is 0 Å². The Morgan fingerprint density at radius 3 is 0.791 bits per heavy atom. The second-order valence-corrected chi connectivity index (χ2v) is 28.5. The predicted octanol–water partition coefficient (Wildman–Crippen LogP) is 18.7. The molecule has 0 aliphatic rings. The molecule has 0 heterocycles. The summed E-state index contributed by atoms with van der Waals surface area (Å²) in [4.78, 5) is 72.3. The van der Waals surface area contributed by atoms with Gasteiger partial charge in [-0.3, -0.25) is 37.3 Å². The summed E-state index contributed by atoms with van der Waals surface area (Å²) < 4.78 is 68.1. The van der Waals surface area contributed by atoms with Gasteiger partial charge >= 0.3 is 39.5 Å². The fraction of sp³-hybridized carbons (Fsp3) is 0.940. The maximum Gasteiger partial charge on any atom is 0.472 e. The summed E-state index contributed by atoms with van der Waals surface area (Å²) in [7, 11) is -9.89. The van der Waals surface area contributed by atoms with E-state index in [1.165, 1.54) is 135 Å². The molecule has 0 radical (unpaired) electrons. The van der Waals surface area contributed by atoms with E-state index in [0.29, 0.717) is 31.6 Å². The van der Waals surface area contributed by atoms with Gasteiger partial charge in [0, 0.05) is 25.7 Å². The lowest BCUT2D eigenvalue weighted by Gasteiger charge is -2.21. The average Bonchev–Trinajstić information content (AvgIpc) is 3.54. The van der Waals surface area contributed by atoms with Crippen LogP contribution in [0, 0.1) is 17.8 Å². The van der Waals surface area contributed by atoms with Crippen LogP contribution in [0.3, 0.4) is 0 Å². The number of aliphatic hydroxyl groups excluding tert-OH is 1. The second kappa shape index (κ2) is 58.2. The molecule has 19 heteroatoms. The topological polar surface area (TPSA) is 237 Å². The van der Waals surface area contributed by atoms with Crippen LogP contribution in [-0.4, -0.2) is 96.7 Å². The van der Waals surface area contributed by atoms with Crippen LogP contribution in [0.2, 0.25) is 0 Å². The molecule has 0 aromatic carbocycles. The molecule has 0 aromatic heterocycles. The lowest BCUT2D eigenvalue weighted by atomic mass is 10.0. The fourth-order valence-corrected chi connectivity index (χ4v) is 11.6. The molecule has 0 spiro atoms. The molecule has 3 N–H and O–H groups in total. The largest absolute Gasteiger partial charge is 0.472 e. The zero-order valence-electron chi connectivity index (χ0n) is 55.8. The first kappa shape index (κ1) is 84.1. The van der Waals surface area contributed by atoms with Gasteiger partial charge in [0.1, 0.15) is 19.3 Å². The first-order chi connectivity index (χ1) is 41.2. The summed E-state index contributed by atoms with van der Waals surface area (Å²) in [5, 5.41) is 10.6. The van der Waals surface area contributed by atoms with E-state index in [0.717, 1.165) is 108 Å². The van der Waals surface area contributed by atoms with E-state index in [-0.39, 0.29) is 25.7 Å². The Morgan fingerprint density at radius 2 is 0.535 bits per heavy atom. The van der Waals surface area contributed by atoms with Crippen molar-refractivity contribution in [3.05, 3.63) is 0 Å². The van der Waals surface area contributed by atoms with Gasteiger partial charge in [-0.05, 0) is 43.4 Å². The Hall–Kier alpha value is -1.94. The van der Waals surface area contributed by atoms with Crippen molar-refractivity contribution in [1.82, 2.24) is 0 Å². The first-order valence-electron chi connectivity index (χ1n) is 34.8. The molecular formula is C67H130O17P2. The van der Waals surface area contributed by atoms with Crippen LogP contribution in [0.1, 0.15) is 331 Å². The molecule has 0 fully saturated rings. The third-order valence-corrected chi connectivity index (χ3v) is 17.3. The molecule has 0 amide bonds. The average molecular weight is 1270 g/mol. The van der Waals surface area contributed by atoms with Gasteiger partial charge in [0.15, 0.2) is 12.2 Å². The van der Waals surface area contributed by atoms with Gasteiger partial charge in [-0.2, -0.15) is 0 Å². The molecule has 510 valence electrons. The zero-order valence-corrected chi connectivity index (χ0v) is 57.6. The maximum atomic E-state index is 13.0. The molecule has 0 saturated carbocycles. The van der Waals surface area contributed by atoms with Gasteiger partial charge < -0.3 is 33.8 Å². The number of rotatable bonds is 65. The molecule has 0 aliphatic carbocycles. The number of phosphoric acid groups is 2. The van der Waals surface area contributed by atoms with Crippen LogP contribution < -0.4 is 0 Å². The Kier molecular flexibility index (Phi) is 56.9. The summed E-state index contributed by atoms with van der Waals surface area (Å²) in [6.07, 6.45) is 40.4. The molecule has 2 unspecified atom stereocenters. The number of esters is 4. The lowest BCUT2D eigenvalue weighted by Crippen LogP contribution is -2.30. The van der Waals surface area contributed by atoms with Gasteiger partial charge in [-0.1, -0.05) is 280 Å². The highest BCUT2D eigenvalue weighted by Gasteiger charge is 2.30. The van der Waals surface area contributed by atoms with E-state index in [2.05, 4.69) is 48.5 Å². The highest BCUT2D eigenvalue weighted by atomic mass is 31.2. The Balaban J connectivity index is 5.23. The van der Waals surface area contributed by atoms with E-state index in [1.807, 2.05) is 0 Å². The standard InChI is InChI=1S/C67H130O17P2/c1-8-9-10-11-12-27-34-41-48-64(69)77-54-63(84-67(72)51-44-37-30-23-26-33-40-47-60(6)7)57-82-86(75,76)80-53-61(68)52-79-85(73,74)81-56-62(83-66(71)50-43-36-29-22-18-14-16-20-25-32-39-46-59(4)5)55-78-65(70)49-42-35-28-21-17-13-15-19-24-31-38-45-58(2)3/h58-63,68H,8-57H2,1-7H3,(H,73,74)(H,75,76)/t61-,62-,63-/m1/s1. The molecule has 0 saturated heterocycles. The minimum atomic E-state index is -4.95. The van der Waals surface area contributed by atoms with Gasteiger partial charge in [-0.25, -0.2) is 9.13 Å². The van der Waals surface area contributed by atoms with E-state index >= 15 is 0 Å². The number of hydrogen-bond acceptors (Lipinski definition) is 15. The highest BCUT2D eigenvalue weighted by Crippen LogP contribution is 2.45. The normalized spacial score (nSPS) is 14.3. The molecule has 17 nitrogen and oxygen atoms in total. The van der Waals surface area contributed by atoms with Crippen LogP contribution in [0.4, 0.5) is 0 Å². The fourth-order valence-electron chi connectivity index (χ4n) is 10.0. The Morgan fingerprint density at radius 1 is 0.314 bits per heavy atom. The number of aliphatic hydroxyl groups is 1.